The summed E-state index contributed by atoms with van der Waals surface area (Å²) in [6, 6.07) is 7.04. The van der Waals surface area contributed by atoms with Crippen molar-refractivity contribution >= 4 is 58.9 Å². The van der Waals surface area contributed by atoms with Crippen molar-refractivity contribution in [1.29, 1.82) is 0 Å². The number of anilines is 1. The van der Waals surface area contributed by atoms with Crippen molar-refractivity contribution in [3.8, 4) is 0 Å². The van der Waals surface area contributed by atoms with Gasteiger partial charge in [-0.05, 0) is 39.5 Å². The molecule has 0 radical (unpaired) electrons. The van der Waals surface area contributed by atoms with Crippen LogP contribution in [0, 0.1) is 0 Å². The van der Waals surface area contributed by atoms with Gasteiger partial charge >= 0.3 is 0 Å². The highest BCUT2D eigenvalue weighted by atomic mass is 79.9. The summed E-state index contributed by atoms with van der Waals surface area (Å²) in [6.45, 7) is 0.321. The fraction of sp³-hybridized carbons (Fsp3) is 0.167. The first-order chi connectivity index (χ1) is 9.32. The summed E-state index contributed by atoms with van der Waals surface area (Å²) in [7, 11) is -2.10. The third kappa shape index (κ3) is 3.25. The van der Waals surface area contributed by atoms with Crippen LogP contribution in [0.25, 0.3) is 0 Å². The number of nitrogen functional groups attached to an aromatic ring is 1. The van der Waals surface area contributed by atoms with Gasteiger partial charge in [0, 0.05) is 27.4 Å². The largest absolute Gasteiger partial charge is 0.398 e. The van der Waals surface area contributed by atoms with Crippen LogP contribution in [0.15, 0.2) is 43.5 Å². The lowest BCUT2D eigenvalue weighted by Gasteiger charge is -2.19. The number of hydrogen-bond donors (Lipinski definition) is 1. The number of benzene rings is 1. The quantitative estimate of drug-likeness (QED) is 0.739. The standard InChI is InChI=1S/C12H12Br2N2O2S2/c1-16(7-9-3-2-4-19-9)20(17,18)12-10(14)5-8(13)6-11(12)15/h2-6H,7,15H2,1H3. The molecule has 0 spiro atoms. The maximum Gasteiger partial charge on any atom is 0.246 e. The van der Waals surface area contributed by atoms with E-state index in [0.29, 0.717) is 11.0 Å². The van der Waals surface area contributed by atoms with Gasteiger partial charge in [0.1, 0.15) is 4.90 Å². The van der Waals surface area contributed by atoms with Crippen LogP contribution in [-0.2, 0) is 16.6 Å². The van der Waals surface area contributed by atoms with Gasteiger partial charge in [0.25, 0.3) is 0 Å². The highest BCUT2D eigenvalue weighted by molar-refractivity contribution is 9.11. The van der Waals surface area contributed by atoms with E-state index in [9.17, 15) is 8.42 Å². The van der Waals surface area contributed by atoms with Crippen LogP contribution in [0.1, 0.15) is 4.88 Å². The van der Waals surface area contributed by atoms with Gasteiger partial charge in [0.05, 0.1) is 5.69 Å². The molecule has 0 bridgehead atoms. The normalized spacial score (nSPS) is 12.0. The maximum absolute atomic E-state index is 12.6. The first-order valence-corrected chi connectivity index (χ1v) is 9.46. The minimum atomic E-state index is -3.65. The van der Waals surface area contributed by atoms with Crippen LogP contribution in [0.4, 0.5) is 5.69 Å². The molecule has 20 heavy (non-hydrogen) atoms. The van der Waals surface area contributed by atoms with Crippen molar-refractivity contribution in [2.24, 2.45) is 0 Å². The molecule has 0 fully saturated rings. The summed E-state index contributed by atoms with van der Waals surface area (Å²) in [5.74, 6) is 0. The molecular weight excluding hydrogens is 428 g/mol. The van der Waals surface area contributed by atoms with Crippen LogP contribution in [0.2, 0.25) is 0 Å². The molecule has 8 heteroatoms. The molecule has 0 atom stereocenters. The van der Waals surface area contributed by atoms with Gasteiger partial charge in [-0.25, -0.2) is 8.42 Å². The van der Waals surface area contributed by atoms with Gasteiger partial charge in [-0.1, -0.05) is 22.0 Å². The van der Waals surface area contributed by atoms with Crippen LogP contribution >= 0.6 is 43.2 Å². The minimum absolute atomic E-state index is 0.0970. The molecular formula is C12H12Br2N2O2S2. The van der Waals surface area contributed by atoms with Crippen LogP contribution in [0.3, 0.4) is 0 Å². The first kappa shape index (κ1) is 16.0. The molecule has 0 aliphatic heterocycles. The summed E-state index contributed by atoms with van der Waals surface area (Å²) in [4.78, 5) is 1.07. The van der Waals surface area contributed by atoms with Gasteiger partial charge in [-0.3, -0.25) is 0 Å². The van der Waals surface area contributed by atoms with E-state index >= 15 is 0 Å². The second-order valence-electron chi connectivity index (χ2n) is 4.15. The molecule has 2 N–H and O–H groups in total. The van der Waals surface area contributed by atoms with Crippen molar-refractivity contribution in [1.82, 2.24) is 4.31 Å². The highest BCUT2D eigenvalue weighted by Crippen LogP contribution is 2.33. The molecule has 0 saturated heterocycles. The fourth-order valence-electron chi connectivity index (χ4n) is 1.72. The first-order valence-electron chi connectivity index (χ1n) is 5.55. The molecule has 1 heterocycles. The van der Waals surface area contributed by atoms with Crippen LogP contribution < -0.4 is 5.73 Å². The smallest absolute Gasteiger partial charge is 0.246 e. The Morgan fingerprint density at radius 3 is 2.60 bits per heavy atom. The highest BCUT2D eigenvalue weighted by Gasteiger charge is 2.26. The predicted molar refractivity (Wildman–Crippen MR) is 89.2 cm³/mol. The lowest BCUT2D eigenvalue weighted by atomic mass is 10.3. The zero-order valence-corrected chi connectivity index (χ0v) is 15.3. The van der Waals surface area contributed by atoms with E-state index in [1.54, 1.807) is 19.2 Å². The van der Waals surface area contributed by atoms with Gasteiger partial charge in [0.15, 0.2) is 0 Å². The van der Waals surface area contributed by atoms with E-state index < -0.39 is 10.0 Å². The molecule has 0 aliphatic rings. The van der Waals surface area contributed by atoms with E-state index in [2.05, 4.69) is 31.9 Å². The number of rotatable bonds is 4. The van der Waals surface area contributed by atoms with E-state index in [4.69, 9.17) is 5.73 Å². The lowest BCUT2D eigenvalue weighted by molar-refractivity contribution is 0.469. The molecule has 1 aromatic carbocycles. The molecule has 0 unspecified atom stereocenters. The Morgan fingerprint density at radius 1 is 1.35 bits per heavy atom. The average molecular weight is 440 g/mol. The second-order valence-corrected chi connectivity index (χ2v) is 8.93. The van der Waals surface area contributed by atoms with E-state index in [1.165, 1.54) is 15.6 Å². The number of hydrogen-bond acceptors (Lipinski definition) is 4. The SMILES string of the molecule is CN(Cc1cccs1)S(=O)(=O)c1c(N)cc(Br)cc1Br. The fourth-order valence-corrected chi connectivity index (χ4v) is 5.71. The molecule has 4 nitrogen and oxygen atoms in total. The Morgan fingerprint density at radius 2 is 2.05 bits per heavy atom. The van der Waals surface area contributed by atoms with Crippen LogP contribution in [0.5, 0.6) is 0 Å². The summed E-state index contributed by atoms with van der Waals surface area (Å²) in [6.07, 6.45) is 0. The average Bonchev–Trinajstić information content (AvgIpc) is 2.79. The van der Waals surface area contributed by atoms with Gasteiger partial charge < -0.3 is 5.73 Å². The third-order valence-corrected chi connectivity index (χ3v) is 6.79. The number of sulfonamides is 1. The monoisotopic (exact) mass is 438 g/mol. The minimum Gasteiger partial charge on any atom is -0.398 e. The summed E-state index contributed by atoms with van der Waals surface area (Å²) in [5, 5.41) is 1.92. The molecule has 0 amide bonds. The second kappa shape index (κ2) is 6.15. The Labute approximate surface area is 138 Å². The molecule has 2 rings (SSSR count). The lowest BCUT2D eigenvalue weighted by Crippen LogP contribution is -2.27. The van der Waals surface area contributed by atoms with Gasteiger partial charge in [-0.15, -0.1) is 11.3 Å². The summed E-state index contributed by atoms with van der Waals surface area (Å²) in [5.41, 5.74) is 6.07. The van der Waals surface area contributed by atoms with E-state index in [0.717, 1.165) is 9.35 Å². The number of nitrogens with two attached hydrogens (primary N) is 1. The van der Waals surface area contributed by atoms with Crippen LogP contribution in [-0.4, -0.2) is 19.8 Å². The summed E-state index contributed by atoms with van der Waals surface area (Å²) >= 11 is 8.07. The number of halogens is 2. The zero-order chi connectivity index (χ0) is 14.9. The third-order valence-electron chi connectivity index (χ3n) is 2.66. The van der Waals surface area contributed by atoms with Crippen molar-refractivity contribution in [3.05, 3.63) is 43.5 Å². The van der Waals surface area contributed by atoms with E-state index in [1.807, 2.05) is 17.5 Å². The number of nitrogens with zero attached hydrogens (tertiary/aromatic N) is 1. The Bertz CT molecular complexity index is 692. The molecule has 2 aromatic rings. The van der Waals surface area contributed by atoms with Crippen molar-refractivity contribution < 1.29 is 8.42 Å². The molecule has 108 valence electrons. The zero-order valence-electron chi connectivity index (χ0n) is 10.5. The van der Waals surface area contributed by atoms with Gasteiger partial charge in [0.2, 0.25) is 10.0 Å². The van der Waals surface area contributed by atoms with Crippen molar-refractivity contribution in [2.45, 2.75) is 11.4 Å². The number of thiophene rings is 1. The molecule has 0 saturated carbocycles. The Kier molecular flexibility index (Phi) is 4.91. The van der Waals surface area contributed by atoms with E-state index in [-0.39, 0.29) is 10.6 Å². The van der Waals surface area contributed by atoms with Gasteiger partial charge in [-0.2, -0.15) is 4.31 Å². The maximum atomic E-state index is 12.6. The van der Waals surface area contributed by atoms with Crippen molar-refractivity contribution in [3.63, 3.8) is 0 Å². The predicted octanol–water partition coefficient (Wildman–Crippen LogP) is 3.68. The molecule has 0 aliphatic carbocycles. The van der Waals surface area contributed by atoms with Crippen molar-refractivity contribution in [2.75, 3.05) is 12.8 Å². The Balaban J connectivity index is 2.40. The Hall–Kier alpha value is -0.410. The topological polar surface area (TPSA) is 63.4 Å². The summed E-state index contributed by atoms with van der Waals surface area (Å²) < 4.78 is 27.7. The molecule has 1 aromatic heterocycles.